The highest BCUT2D eigenvalue weighted by Gasteiger charge is 2.34. The molecule has 0 aliphatic carbocycles. The van der Waals surface area contributed by atoms with Gasteiger partial charge in [0.1, 0.15) is 6.61 Å². The molecular weight excluding hydrogens is 320 g/mol. The summed E-state index contributed by atoms with van der Waals surface area (Å²) < 4.78 is 5.87. The molecule has 0 saturated carbocycles. The molecule has 6 nitrogen and oxygen atoms in total. The third-order valence-electron chi connectivity index (χ3n) is 4.18. The molecule has 0 aromatic heterocycles. The van der Waals surface area contributed by atoms with Gasteiger partial charge in [-0.1, -0.05) is 30.3 Å². The lowest BCUT2D eigenvalue weighted by Gasteiger charge is -2.37. The maximum atomic E-state index is 12.9. The lowest BCUT2D eigenvalue weighted by Crippen LogP contribution is -2.47. The zero-order valence-electron chi connectivity index (χ0n) is 14.1. The van der Waals surface area contributed by atoms with Crippen molar-refractivity contribution < 1.29 is 19.7 Å². The predicted octanol–water partition coefficient (Wildman–Crippen LogP) is 1.88. The largest absolute Gasteiger partial charge is 0.487 e. The van der Waals surface area contributed by atoms with Gasteiger partial charge in [0.05, 0.1) is 30.1 Å². The Labute approximate surface area is 146 Å². The van der Waals surface area contributed by atoms with Gasteiger partial charge >= 0.3 is 0 Å². The van der Waals surface area contributed by atoms with Gasteiger partial charge in [-0.05, 0) is 19.1 Å². The fourth-order valence-electron chi connectivity index (χ4n) is 2.78. The summed E-state index contributed by atoms with van der Waals surface area (Å²) in [6.45, 7) is 2.34. The van der Waals surface area contributed by atoms with Gasteiger partial charge in [0, 0.05) is 17.7 Å². The number of hydrogen-bond donors (Lipinski definition) is 4. The van der Waals surface area contributed by atoms with Crippen LogP contribution in [-0.2, 0) is 0 Å². The van der Waals surface area contributed by atoms with Crippen molar-refractivity contribution in [3.63, 3.8) is 0 Å². The molecular formula is C19H22N2O4. The number of hydrogen-bond acceptors (Lipinski definition) is 6. The Morgan fingerprint density at radius 1 is 1.24 bits per heavy atom. The van der Waals surface area contributed by atoms with Crippen LogP contribution in [0.5, 0.6) is 5.75 Å². The first-order chi connectivity index (χ1) is 12.1. The molecule has 3 rings (SSSR count). The van der Waals surface area contributed by atoms with Gasteiger partial charge in [-0.2, -0.15) is 0 Å². The lowest BCUT2D eigenvalue weighted by atomic mass is 9.96. The number of carbonyl (C=O) groups is 1. The Morgan fingerprint density at radius 3 is 2.68 bits per heavy atom. The summed E-state index contributed by atoms with van der Waals surface area (Å²) in [5.41, 5.74) is 1.64. The van der Waals surface area contributed by atoms with E-state index < -0.39 is 5.54 Å². The highest BCUT2D eigenvalue weighted by atomic mass is 16.5. The molecule has 1 heterocycles. The summed E-state index contributed by atoms with van der Waals surface area (Å²) in [5, 5.41) is 25.0. The van der Waals surface area contributed by atoms with E-state index in [9.17, 15) is 9.90 Å². The molecule has 2 aromatic rings. The van der Waals surface area contributed by atoms with Crippen molar-refractivity contribution in [1.29, 1.82) is 0 Å². The number of anilines is 2. The average molecular weight is 342 g/mol. The normalized spacial score (nSPS) is 18.7. The zero-order chi connectivity index (χ0) is 17.9. The minimum Gasteiger partial charge on any atom is -0.487 e. The van der Waals surface area contributed by atoms with E-state index in [1.54, 1.807) is 24.3 Å². The average Bonchev–Trinajstić information content (AvgIpc) is 2.66. The van der Waals surface area contributed by atoms with Crippen molar-refractivity contribution in [3.05, 3.63) is 53.6 Å². The van der Waals surface area contributed by atoms with Crippen molar-refractivity contribution in [2.45, 2.75) is 12.5 Å². The zero-order valence-corrected chi connectivity index (χ0v) is 14.1. The van der Waals surface area contributed by atoms with Crippen LogP contribution in [0.3, 0.4) is 0 Å². The maximum absolute atomic E-state index is 12.9. The fraction of sp³-hybridized carbons (Fsp3) is 0.316. The number of benzene rings is 2. The molecule has 0 unspecified atom stereocenters. The molecule has 0 saturated heterocycles. The fourth-order valence-corrected chi connectivity index (χ4v) is 2.78. The minimum atomic E-state index is -0.672. The van der Waals surface area contributed by atoms with E-state index >= 15 is 0 Å². The molecule has 0 fully saturated rings. The number of ketones is 1. The SMILES string of the molecule is C[C@]1(CO)COc2c(NCCO)ccc(C(=O)c3ccccc3)c2N1. The van der Waals surface area contributed by atoms with E-state index in [-0.39, 0.29) is 25.6 Å². The van der Waals surface area contributed by atoms with Gasteiger partial charge < -0.3 is 25.6 Å². The number of ether oxygens (including phenoxy) is 1. The Hall–Kier alpha value is -2.57. The first kappa shape index (κ1) is 17.3. The van der Waals surface area contributed by atoms with E-state index in [4.69, 9.17) is 9.84 Å². The van der Waals surface area contributed by atoms with Gasteiger partial charge in [-0.15, -0.1) is 0 Å². The summed E-state index contributed by atoms with van der Waals surface area (Å²) in [6.07, 6.45) is 0. The number of nitrogens with one attached hydrogen (secondary N) is 2. The van der Waals surface area contributed by atoms with Crippen LogP contribution in [0.2, 0.25) is 0 Å². The second-order valence-electron chi connectivity index (χ2n) is 6.34. The third kappa shape index (κ3) is 3.45. The van der Waals surface area contributed by atoms with E-state index in [2.05, 4.69) is 10.6 Å². The molecule has 2 aromatic carbocycles. The molecule has 132 valence electrons. The van der Waals surface area contributed by atoms with Crippen molar-refractivity contribution in [1.82, 2.24) is 0 Å². The molecule has 1 aliphatic heterocycles. The second-order valence-corrected chi connectivity index (χ2v) is 6.34. The number of fused-ring (bicyclic) bond motifs is 1. The number of rotatable bonds is 6. The summed E-state index contributed by atoms with van der Waals surface area (Å²) in [6, 6.07) is 12.5. The highest BCUT2D eigenvalue weighted by molar-refractivity contribution is 6.13. The molecule has 25 heavy (non-hydrogen) atoms. The Bertz CT molecular complexity index is 764. The van der Waals surface area contributed by atoms with Crippen LogP contribution in [0.1, 0.15) is 22.8 Å². The Kier molecular flexibility index (Phi) is 4.92. The van der Waals surface area contributed by atoms with Crippen LogP contribution in [0.25, 0.3) is 0 Å². The number of aliphatic hydroxyl groups is 2. The van der Waals surface area contributed by atoms with Crippen LogP contribution in [0.4, 0.5) is 11.4 Å². The predicted molar refractivity (Wildman–Crippen MR) is 96.5 cm³/mol. The van der Waals surface area contributed by atoms with Gasteiger partial charge in [-0.25, -0.2) is 0 Å². The minimum absolute atomic E-state index is 0.0126. The molecule has 6 heteroatoms. The summed E-state index contributed by atoms with van der Waals surface area (Å²) >= 11 is 0. The first-order valence-corrected chi connectivity index (χ1v) is 8.21. The van der Waals surface area contributed by atoms with E-state index in [0.29, 0.717) is 34.8 Å². The number of aliphatic hydroxyl groups excluding tert-OH is 2. The quantitative estimate of drug-likeness (QED) is 0.599. The van der Waals surface area contributed by atoms with Gasteiger partial charge in [0.15, 0.2) is 11.5 Å². The molecule has 4 N–H and O–H groups in total. The highest BCUT2D eigenvalue weighted by Crippen LogP contribution is 2.42. The first-order valence-electron chi connectivity index (χ1n) is 8.21. The van der Waals surface area contributed by atoms with Crippen molar-refractivity contribution >= 4 is 17.2 Å². The molecule has 0 radical (unpaired) electrons. The topological polar surface area (TPSA) is 90.8 Å². The smallest absolute Gasteiger partial charge is 0.195 e. The summed E-state index contributed by atoms with van der Waals surface area (Å²) in [4.78, 5) is 12.9. The monoisotopic (exact) mass is 342 g/mol. The molecule has 1 aliphatic rings. The Morgan fingerprint density at radius 2 is 2.00 bits per heavy atom. The van der Waals surface area contributed by atoms with E-state index in [1.807, 2.05) is 25.1 Å². The van der Waals surface area contributed by atoms with Crippen molar-refractivity contribution in [2.75, 3.05) is 37.0 Å². The van der Waals surface area contributed by atoms with Gasteiger partial charge in [-0.3, -0.25) is 4.79 Å². The van der Waals surface area contributed by atoms with Gasteiger partial charge in [0.2, 0.25) is 0 Å². The molecule has 0 spiro atoms. The van der Waals surface area contributed by atoms with E-state index in [1.165, 1.54) is 0 Å². The molecule has 0 amide bonds. The molecule has 0 bridgehead atoms. The molecule has 1 atom stereocenters. The van der Waals surface area contributed by atoms with Crippen LogP contribution in [0.15, 0.2) is 42.5 Å². The standard InChI is InChI=1S/C19H22N2O4/c1-19(11-23)12-25-18-15(20-9-10-22)8-7-14(16(18)21-19)17(24)13-5-3-2-4-6-13/h2-8,20-23H,9-12H2,1H3/t19-/m0/s1. The number of carbonyl (C=O) groups excluding carboxylic acids is 1. The van der Waals surface area contributed by atoms with Crippen LogP contribution < -0.4 is 15.4 Å². The lowest BCUT2D eigenvalue weighted by molar-refractivity contribution is 0.103. The van der Waals surface area contributed by atoms with Crippen molar-refractivity contribution in [3.8, 4) is 5.75 Å². The third-order valence-corrected chi connectivity index (χ3v) is 4.18. The van der Waals surface area contributed by atoms with Crippen LogP contribution in [-0.4, -0.2) is 47.9 Å². The van der Waals surface area contributed by atoms with Crippen LogP contribution >= 0.6 is 0 Å². The van der Waals surface area contributed by atoms with Crippen LogP contribution in [0, 0.1) is 0 Å². The van der Waals surface area contributed by atoms with Crippen molar-refractivity contribution in [2.24, 2.45) is 0 Å². The maximum Gasteiger partial charge on any atom is 0.195 e. The summed E-state index contributed by atoms with van der Waals surface area (Å²) in [7, 11) is 0. The van der Waals surface area contributed by atoms with E-state index in [0.717, 1.165) is 0 Å². The summed E-state index contributed by atoms with van der Waals surface area (Å²) in [5.74, 6) is 0.407. The van der Waals surface area contributed by atoms with Gasteiger partial charge in [0.25, 0.3) is 0 Å². The second kappa shape index (κ2) is 7.13. The Balaban J connectivity index is 2.06.